The van der Waals surface area contributed by atoms with E-state index in [9.17, 15) is 14.4 Å². The fraction of sp³-hybridized carbons (Fsp3) is 0.182. The molecule has 32 heavy (non-hydrogen) atoms. The largest absolute Gasteiger partial charge is 0.335 e. The Hall–Kier alpha value is -2.94. The van der Waals surface area contributed by atoms with Crippen LogP contribution in [-0.4, -0.2) is 58.7 Å². The lowest BCUT2D eigenvalue weighted by Crippen LogP contribution is -2.50. The van der Waals surface area contributed by atoms with Gasteiger partial charge in [0, 0.05) is 59.7 Å². The number of carbonyl (C=O) groups is 3. The van der Waals surface area contributed by atoms with Gasteiger partial charge in [-0.05, 0) is 41.8 Å². The molecule has 0 radical (unpaired) electrons. The number of pyridine rings is 1. The molecular weight excluding hydrogens is 471 g/mol. The van der Waals surface area contributed by atoms with Gasteiger partial charge in [-0.1, -0.05) is 23.2 Å². The third kappa shape index (κ3) is 4.93. The van der Waals surface area contributed by atoms with E-state index in [1.807, 2.05) is 0 Å². The zero-order valence-electron chi connectivity index (χ0n) is 16.8. The number of hydrogen-bond acceptors (Lipinski definition) is 5. The van der Waals surface area contributed by atoms with E-state index in [1.54, 1.807) is 51.6 Å². The molecule has 3 amide bonds. The van der Waals surface area contributed by atoms with E-state index in [4.69, 9.17) is 23.2 Å². The van der Waals surface area contributed by atoms with Crippen molar-refractivity contribution in [3.05, 3.63) is 80.2 Å². The Balaban J connectivity index is 1.39. The number of amides is 3. The predicted molar refractivity (Wildman–Crippen MR) is 125 cm³/mol. The molecular formula is C22H18Cl2N4O3S. The van der Waals surface area contributed by atoms with Crippen molar-refractivity contribution in [1.29, 1.82) is 0 Å². The van der Waals surface area contributed by atoms with Crippen LogP contribution in [0, 0.1) is 0 Å². The minimum Gasteiger partial charge on any atom is -0.335 e. The maximum absolute atomic E-state index is 13.1. The van der Waals surface area contributed by atoms with Crippen molar-refractivity contribution < 1.29 is 14.4 Å². The van der Waals surface area contributed by atoms with Crippen molar-refractivity contribution in [1.82, 2.24) is 14.8 Å². The van der Waals surface area contributed by atoms with Crippen molar-refractivity contribution in [2.75, 3.05) is 31.5 Å². The molecule has 0 saturated carbocycles. The fourth-order valence-electron chi connectivity index (χ4n) is 3.39. The molecule has 3 heterocycles. The number of thiophene rings is 1. The van der Waals surface area contributed by atoms with Crippen LogP contribution in [0.4, 0.5) is 5.69 Å². The van der Waals surface area contributed by atoms with E-state index in [0.717, 1.165) is 0 Å². The summed E-state index contributed by atoms with van der Waals surface area (Å²) in [6.45, 7) is 1.54. The third-order valence-electron chi connectivity index (χ3n) is 5.01. The molecule has 3 aromatic rings. The Labute approximate surface area is 198 Å². The molecule has 1 saturated heterocycles. The first-order valence-corrected chi connectivity index (χ1v) is 11.4. The lowest BCUT2D eigenvalue weighted by atomic mass is 10.1. The standard InChI is InChI=1S/C22H18Cl2N4O3S/c23-16-11-15(12-17(24)13-16)21(30)27-6-8-28(9-7-27)22(31)19-18(3-10-32-19)26-20(29)14-1-4-25-5-2-14/h1-5,10-13H,6-9H2,(H,26,29). The number of halogens is 2. The summed E-state index contributed by atoms with van der Waals surface area (Å²) in [5.74, 6) is -0.665. The average Bonchev–Trinajstić information content (AvgIpc) is 3.26. The SMILES string of the molecule is O=C(Nc1ccsc1C(=O)N1CCN(C(=O)c2cc(Cl)cc(Cl)c2)CC1)c1ccncc1. The molecule has 0 spiro atoms. The molecule has 2 aromatic heterocycles. The van der Waals surface area contributed by atoms with Gasteiger partial charge in [0.2, 0.25) is 0 Å². The first-order valence-electron chi connectivity index (χ1n) is 9.76. The monoisotopic (exact) mass is 488 g/mol. The molecule has 0 unspecified atom stereocenters. The molecule has 1 aliphatic heterocycles. The maximum atomic E-state index is 13.1. The van der Waals surface area contributed by atoms with Gasteiger partial charge >= 0.3 is 0 Å². The van der Waals surface area contributed by atoms with E-state index in [0.29, 0.717) is 57.9 Å². The van der Waals surface area contributed by atoms with Crippen LogP contribution in [0.25, 0.3) is 0 Å². The van der Waals surface area contributed by atoms with Gasteiger partial charge in [-0.3, -0.25) is 19.4 Å². The molecule has 164 valence electrons. The number of carbonyl (C=O) groups excluding carboxylic acids is 3. The highest BCUT2D eigenvalue weighted by Crippen LogP contribution is 2.26. The lowest BCUT2D eigenvalue weighted by Gasteiger charge is -2.34. The Morgan fingerprint density at radius 3 is 2.06 bits per heavy atom. The minimum absolute atomic E-state index is 0.178. The number of rotatable bonds is 4. The number of hydrogen-bond donors (Lipinski definition) is 1. The van der Waals surface area contributed by atoms with Gasteiger partial charge in [0.15, 0.2) is 0 Å². The van der Waals surface area contributed by atoms with Crippen LogP contribution in [0.2, 0.25) is 10.0 Å². The maximum Gasteiger partial charge on any atom is 0.266 e. The number of benzene rings is 1. The summed E-state index contributed by atoms with van der Waals surface area (Å²) in [6.07, 6.45) is 3.07. The Morgan fingerprint density at radius 2 is 1.44 bits per heavy atom. The van der Waals surface area contributed by atoms with Crippen LogP contribution in [0.3, 0.4) is 0 Å². The molecule has 1 aromatic carbocycles. The molecule has 7 nitrogen and oxygen atoms in total. The predicted octanol–water partition coefficient (Wildman–Crippen LogP) is 4.30. The molecule has 4 rings (SSSR count). The molecule has 0 atom stereocenters. The van der Waals surface area contributed by atoms with Gasteiger partial charge in [0.25, 0.3) is 17.7 Å². The van der Waals surface area contributed by atoms with Crippen LogP contribution in [0.15, 0.2) is 54.2 Å². The highest BCUT2D eigenvalue weighted by Gasteiger charge is 2.28. The van der Waals surface area contributed by atoms with Gasteiger partial charge in [-0.25, -0.2) is 0 Å². The molecule has 0 bridgehead atoms. The number of nitrogens with zero attached hydrogens (tertiary/aromatic N) is 3. The van der Waals surface area contributed by atoms with E-state index in [1.165, 1.54) is 23.7 Å². The molecule has 1 fully saturated rings. The number of nitrogens with one attached hydrogen (secondary N) is 1. The first kappa shape index (κ1) is 22.3. The van der Waals surface area contributed by atoms with Gasteiger partial charge in [0.1, 0.15) is 4.88 Å². The van der Waals surface area contributed by atoms with Crippen molar-refractivity contribution >= 4 is 57.9 Å². The van der Waals surface area contributed by atoms with Gasteiger partial charge in [0.05, 0.1) is 5.69 Å². The second kappa shape index (κ2) is 9.68. The van der Waals surface area contributed by atoms with Crippen molar-refractivity contribution in [2.24, 2.45) is 0 Å². The molecule has 10 heteroatoms. The zero-order chi connectivity index (χ0) is 22.7. The zero-order valence-corrected chi connectivity index (χ0v) is 19.1. The Morgan fingerprint density at radius 1 is 0.844 bits per heavy atom. The summed E-state index contributed by atoms with van der Waals surface area (Å²) in [6, 6.07) is 9.65. The Kier molecular flexibility index (Phi) is 6.74. The number of piperazine rings is 1. The smallest absolute Gasteiger partial charge is 0.266 e. The first-order chi connectivity index (χ1) is 15.4. The minimum atomic E-state index is -0.310. The van der Waals surface area contributed by atoms with Crippen LogP contribution in [0.5, 0.6) is 0 Å². The summed E-state index contributed by atoms with van der Waals surface area (Å²) in [5.41, 5.74) is 1.34. The quantitative estimate of drug-likeness (QED) is 0.593. The van der Waals surface area contributed by atoms with Gasteiger partial charge in [-0.2, -0.15) is 0 Å². The Bertz CT molecular complexity index is 1140. The summed E-state index contributed by atoms with van der Waals surface area (Å²) in [7, 11) is 0. The number of anilines is 1. The van der Waals surface area contributed by atoms with Crippen molar-refractivity contribution in [2.45, 2.75) is 0 Å². The van der Waals surface area contributed by atoms with E-state index in [-0.39, 0.29) is 17.7 Å². The van der Waals surface area contributed by atoms with Gasteiger partial charge < -0.3 is 15.1 Å². The molecule has 0 aliphatic carbocycles. The van der Waals surface area contributed by atoms with E-state index in [2.05, 4.69) is 10.3 Å². The summed E-state index contributed by atoms with van der Waals surface area (Å²) < 4.78 is 0. The number of aromatic nitrogens is 1. The van der Waals surface area contributed by atoms with Crippen LogP contribution in [0.1, 0.15) is 30.4 Å². The highest BCUT2D eigenvalue weighted by atomic mass is 35.5. The summed E-state index contributed by atoms with van der Waals surface area (Å²) >= 11 is 13.3. The van der Waals surface area contributed by atoms with Crippen LogP contribution < -0.4 is 5.32 Å². The van der Waals surface area contributed by atoms with Crippen LogP contribution >= 0.6 is 34.5 Å². The normalized spacial score (nSPS) is 13.7. The molecule has 1 N–H and O–H groups in total. The second-order valence-electron chi connectivity index (χ2n) is 7.10. The topological polar surface area (TPSA) is 82.6 Å². The van der Waals surface area contributed by atoms with Gasteiger partial charge in [-0.15, -0.1) is 11.3 Å². The summed E-state index contributed by atoms with van der Waals surface area (Å²) in [4.78, 5) is 46.0. The van der Waals surface area contributed by atoms with E-state index >= 15 is 0 Å². The average molecular weight is 489 g/mol. The third-order valence-corrected chi connectivity index (χ3v) is 6.35. The second-order valence-corrected chi connectivity index (χ2v) is 8.88. The lowest BCUT2D eigenvalue weighted by molar-refractivity contribution is 0.0538. The fourth-order valence-corrected chi connectivity index (χ4v) is 4.73. The van der Waals surface area contributed by atoms with Crippen molar-refractivity contribution in [3.63, 3.8) is 0 Å². The highest BCUT2D eigenvalue weighted by molar-refractivity contribution is 7.12. The van der Waals surface area contributed by atoms with Crippen molar-refractivity contribution in [3.8, 4) is 0 Å². The summed E-state index contributed by atoms with van der Waals surface area (Å²) in [5, 5.41) is 5.35. The van der Waals surface area contributed by atoms with Crippen LogP contribution in [-0.2, 0) is 0 Å². The van der Waals surface area contributed by atoms with E-state index < -0.39 is 0 Å². The molecule has 1 aliphatic rings.